The predicted molar refractivity (Wildman–Crippen MR) is 68.4 cm³/mol. The van der Waals surface area contributed by atoms with E-state index in [0.29, 0.717) is 0 Å². The number of aromatic nitrogens is 1. The van der Waals surface area contributed by atoms with Crippen LogP contribution in [0.2, 0.25) is 0 Å². The van der Waals surface area contributed by atoms with Crippen LogP contribution in [0.15, 0.2) is 48.7 Å². The highest BCUT2D eigenvalue weighted by molar-refractivity contribution is 5.64. The Bertz CT molecular complexity index is 490. The number of benzene rings is 1. The second kappa shape index (κ2) is 4.65. The Balaban J connectivity index is 2.04. The first-order valence-corrected chi connectivity index (χ1v) is 5.92. The molecule has 3 heteroatoms. The summed E-state index contributed by atoms with van der Waals surface area (Å²) in [5.74, 6) is 0. The third-order valence-electron chi connectivity index (χ3n) is 3.03. The molecule has 1 aromatic carbocycles. The molecule has 17 heavy (non-hydrogen) atoms. The molecule has 0 spiro atoms. The number of hydrogen-bond donors (Lipinski definition) is 2. The Morgan fingerprint density at radius 2 is 1.71 bits per heavy atom. The van der Waals surface area contributed by atoms with Crippen LogP contribution in [0.4, 0.5) is 0 Å². The average molecular weight is 225 g/mol. The van der Waals surface area contributed by atoms with Crippen LogP contribution in [0.3, 0.4) is 0 Å². The van der Waals surface area contributed by atoms with Crippen molar-refractivity contribution >= 4 is 0 Å². The van der Waals surface area contributed by atoms with Gasteiger partial charge in [0.15, 0.2) is 0 Å². The van der Waals surface area contributed by atoms with Crippen molar-refractivity contribution in [3.05, 3.63) is 54.2 Å². The van der Waals surface area contributed by atoms with Gasteiger partial charge in [-0.05, 0) is 17.7 Å². The van der Waals surface area contributed by atoms with Crippen molar-refractivity contribution in [1.82, 2.24) is 15.6 Å². The van der Waals surface area contributed by atoms with E-state index in [1.54, 1.807) is 0 Å². The summed E-state index contributed by atoms with van der Waals surface area (Å²) < 4.78 is 0. The molecule has 2 aromatic rings. The minimum Gasteiger partial charge on any atom is -0.297 e. The van der Waals surface area contributed by atoms with Crippen LogP contribution >= 0.6 is 0 Å². The van der Waals surface area contributed by atoms with E-state index in [1.807, 2.05) is 24.4 Å². The van der Waals surface area contributed by atoms with E-state index in [2.05, 4.69) is 39.9 Å². The minimum atomic E-state index is 0.244. The zero-order valence-electron chi connectivity index (χ0n) is 9.56. The van der Waals surface area contributed by atoms with Crippen molar-refractivity contribution in [2.75, 3.05) is 13.1 Å². The van der Waals surface area contributed by atoms with Crippen LogP contribution in [-0.2, 0) is 0 Å². The first-order chi connectivity index (χ1) is 8.45. The fourth-order valence-corrected chi connectivity index (χ4v) is 2.23. The van der Waals surface area contributed by atoms with E-state index >= 15 is 0 Å². The largest absolute Gasteiger partial charge is 0.297 e. The monoisotopic (exact) mass is 225 g/mol. The molecule has 1 aliphatic rings. The predicted octanol–water partition coefficient (Wildman–Crippen LogP) is 1.94. The summed E-state index contributed by atoms with van der Waals surface area (Å²) >= 11 is 0. The van der Waals surface area contributed by atoms with Crippen molar-refractivity contribution in [2.45, 2.75) is 6.17 Å². The van der Waals surface area contributed by atoms with Crippen LogP contribution in [0.1, 0.15) is 11.7 Å². The summed E-state index contributed by atoms with van der Waals surface area (Å²) in [5.41, 5.74) is 3.49. The van der Waals surface area contributed by atoms with Gasteiger partial charge >= 0.3 is 0 Å². The Morgan fingerprint density at radius 1 is 0.941 bits per heavy atom. The lowest BCUT2D eigenvalue weighted by Crippen LogP contribution is -2.21. The van der Waals surface area contributed by atoms with E-state index in [1.165, 1.54) is 11.1 Å². The molecular formula is C14H15N3. The van der Waals surface area contributed by atoms with Gasteiger partial charge in [0.2, 0.25) is 0 Å². The number of nitrogens with one attached hydrogen (secondary N) is 2. The molecule has 2 heterocycles. The highest BCUT2D eigenvalue weighted by Gasteiger charge is 2.18. The third-order valence-corrected chi connectivity index (χ3v) is 3.03. The average Bonchev–Trinajstić information content (AvgIpc) is 2.94. The van der Waals surface area contributed by atoms with Gasteiger partial charge in [-0.3, -0.25) is 15.6 Å². The summed E-state index contributed by atoms with van der Waals surface area (Å²) in [6, 6.07) is 14.4. The lowest BCUT2D eigenvalue weighted by molar-refractivity contribution is 0.589. The van der Waals surface area contributed by atoms with Crippen LogP contribution in [-0.4, -0.2) is 18.1 Å². The summed E-state index contributed by atoms with van der Waals surface area (Å²) in [4.78, 5) is 4.43. The van der Waals surface area contributed by atoms with Gasteiger partial charge < -0.3 is 0 Å². The van der Waals surface area contributed by atoms with Crippen molar-refractivity contribution in [2.24, 2.45) is 0 Å². The second-order valence-electron chi connectivity index (χ2n) is 4.14. The highest BCUT2D eigenvalue weighted by Crippen LogP contribution is 2.26. The molecule has 1 aromatic heterocycles. The Labute approximate surface area is 101 Å². The van der Waals surface area contributed by atoms with Crippen LogP contribution in [0.25, 0.3) is 11.3 Å². The lowest BCUT2D eigenvalue weighted by Gasteiger charge is -2.15. The fourth-order valence-electron chi connectivity index (χ4n) is 2.23. The first-order valence-electron chi connectivity index (χ1n) is 5.92. The quantitative estimate of drug-likeness (QED) is 0.820. The molecule has 3 nitrogen and oxygen atoms in total. The van der Waals surface area contributed by atoms with Crippen molar-refractivity contribution in [3.63, 3.8) is 0 Å². The zero-order chi connectivity index (χ0) is 11.5. The molecule has 1 saturated heterocycles. The Kier molecular flexibility index (Phi) is 2.86. The van der Waals surface area contributed by atoms with Gasteiger partial charge in [0, 0.05) is 24.8 Å². The van der Waals surface area contributed by atoms with Crippen molar-refractivity contribution in [3.8, 4) is 11.3 Å². The van der Waals surface area contributed by atoms with Crippen LogP contribution in [0.5, 0.6) is 0 Å². The van der Waals surface area contributed by atoms with Gasteiger partial charge in [-0.1, -0.05) is 30.3 Å². The topological polar surface area (TPSA) is 37.0 Å². The summed E-state index contributed by atoms with van der Waals surface area (Å²) in [6.07, 6.45) is 2.08. The van der Waals surface area contributed by atoms with Crippen LogP contribution < -0.4 is 10.6 Å². The maximum Gasteiger partial charge on any atom is 0.0842 e. The Morgan fingerprint density at radius 3 is 2.47 bits per heavy atom. The first kappa shape index (κ1) is 10.4. The highest BCUT2D eigenvalue weighted by atomic mass is 15.2. The summed E-state index contributed by atoms with van der Waals surface area (Å²) in [6.45, 7) is 2.03. The molecule has 2 N–H and O–H groups in total. The molecule has 86 valence electrons. The minimum absolute atomic E-state index is 0.244. The van der Waals surface area contributed by atoms with Crippen molar-refractivity contribution < 1.29 is 0 Å². The molecule has 0 radical (unpaired) electrons. The Hall–Kier alpha value is -1.71. The molecule has 0 aliphatic carbocycles. The number of rotatable bonds is 2. The zero-order valence-corrected chi connectivity index (χ0v) is 9.56. The molecule has 0 amide bonds. The second-order valence-corrected chi connectivity index (χ2v) is 4.14. The molecule has 0 saturated carbocycles. The maximum atomic E-state index is 4.43. The molecule has 3 rings (SSSR count). The third kappa shape index (κ3) is 2.07. The van der Waals surface area contributed by atoms with E-state index in [0.717, 1.165) is 18.8 Å². The fraction of sp³-hybridized carbons (Fsp3) is 0.214. The summed E-state index contributed by atoms with van der Waals surface area (Å²) in [7, 11) is 0. The summed E-state index contributed by atoms with van der Waals surface area (Å²) in [5, 5.41) is 6.89. The lowest BCUT2D eigenvalue weighted by atomic mass is 10.0. The van der Waals surface area contributed by atoms with Gasteiger partial charge in [0.05, 0.1) is 11.9 Å². The van der Waals surface area contributed by atoms with Gasteiger partial charge in [0.1, 0.15) is 0 Å². The molecule has 0 bridgehead atoms. The van der Waals surface area contributed by atoms with Gasteiger partial charge in [-0.25, -0.2) is 0 Å². The molecule has 0 unspecified atom stereocenters. The van der Waals surface area contributed by atoms with E-state index < -0.39 is 0 Å². The smallest absolute Gasteiger partial charge is 0.0842 e. The molecule has 0 atom stereocenters. The number of pyridine rings is 1. The molecular weight excluding hydrogens is 210 g/mol. The van der Waals surface area contributed by atoms with Gasteiger partial charge in [0.25, 0.3) is 0 Å². The standard InChI is InChI=1S/C14H15N3/c1-2-6-12(14-16-9-10-17-14)11(5-1)13-7-3-4-8-15-13/h1-8,14,16-17H,9-10H2. The van der Waals surface area contributed by atoms with Gasteiger partial charge in [-0.15, -0.1) is 0 Å². The molecule has 1 fully saturated rings. The van der Waals surface area contributed by atoms with E-state index in [-0.39, 0.29) is 6.17 Å². The number of hydrogen-bond acceptors (Lipinski definition) is 3. The van der Waals surface area contributed by atoms with Crippen LogP contribution in [0, 0.1) is 0 Å². The normalized spacial score (nSPS) is 16.2. The maximum absolute atomic E-state index is 4.43. The van der Waals surface area contributed by atoms with Gasteiger partial charge in [-0.2, -0.15) is 0 Å². The van der Waals surface area contributed by atoms with E-state index in [4.69, 9.17) is 0 Å². The van der Waals surface area contributed by atoms with E-state index in [9.17, 15) is 0 Å². The molecule has 1 aliphatic heterocycles. The SMILES string of the molecule is c1ccc(-c2ccccc2C2NCCN2)nc1. The number of nitrogens with zero attached hydrogens (tertiary/aromatic N) is 1. The van der Waals surface area contributed by atoms with Crippen molar-refractivity contribution in [1.29, 1.82) is 0 Å².